The fourth-order valence-corrected chi connectivity index (χ4v) is 3.71. The van der Waals surface area contributed by atoms with E-state index in [-0.39, 0.29) is 0 Å². The van der Waals surface area contributed by atoms with Gasteiger partial charge in [-0.2, -0.15) is 0 Å². The van der Waals surface area contributed by atoms with Crippen LogP contribution < -0.4 is 4.90 Å². The highest BCUT2D eigenvalue weighted by molar-refractivity contribution is 5.49. The molecule has 0 amide bonds. The van der Waals surface area contributed by atoms with Crippen molar-refractivity contribution in [2.45, 2.75) is 45.1 Å². The van der Waals surface area contributed by atoms with Gasteiger partial charge in [0.2, 0.25) is 0 Å². The lowest BCUT2D eigenvalue weighted by molar-refractivity contribution is 0.406. The molecule has 1 saturated carbocycles. The van der Waals surface area contributed by atoms with Crippen LogP contribution in [0.25, 0.3) is 0 Å². The van der Waals surface area contributed by atoms with Gasteiger partial charge in [0.05, 0.1) is 12.7 Å². The Morgan fingerprint density at radius 2 is 1.61 bits per heavy atom. The van der Waals surface area contributed by atoms with Crippen molar-refractivity contribution in [2.24, 2.45) is 11.8 Å². The van der Waals surface area contributed by atoms with Crippen LogP contribution in [0.2, 0.25) is 0 Å². The highest BCUT2D eigenvalue weighted by Crippen LogP contribution is 2.32. The summed E-state index contributed by atoms with van der Waals surface area (Å²) in [5, 5.41) is 0. The van der Waals surface area contributed by atoms with Crippen molar-refractivity contribution < 1.29 is 4.74 Å². The first-order valence-electron chi connectivity index (χ1n) is 10.9. The van der Waals surface area contributed by atoms with Gasteiger partial charge in [0.25, 0.3) is 0 Å². The molecule has 0 aromatic heterocycles. The molecule has 28 heavy (non-hydrogen) atoms. The van der Waals surface area contributed by atoms with Gasteiger partial charge in [0.1, 0.15) is 0 Å². The van der Waals surface area contributed by atoms with E-state index in [9.17, 15) is 0 Å². The first-order valence-corrected chi connectivity index (χ1v) is 10.9. The first-order chi connectivity index (χ1) is 13.7. The maximum absolute atomic E-state index is 5.46. The normalized spacial score (nSPS) is 19.2. The van der Waals surface area contributed by atoms with Gasteiger partial charge in [-0.15, -0.1) is 6.58 Å². The van der Waals surface area contributed by atoms with E-state index in [2.05, 4.69) is 66.9 Å². The van der Waals surface area contributed by atoms with Gasteiger partial charge < -0.3 is 9.64 Å². The van der Waals surface area contributed by atoms with E-state index in [1.807, 2.05) is 6.08 Å². The van der Waals surface area contributed by atoms with Crippen LogP contribution in [0.1, 0.15) is 42.9 Å². The quantitative estimate of drug-likeness (QED) is 0.373. The zero-order valence-corrected chi connectivity index (χ0v) is 17.1. The molecule has 0 radical (unpaired) electrons. The molecule has 0 bridgehead atoms. The van der Waals surface area contributed by atoms with Crippen molar-refractivity contribution in [1.82, 2.24) is 0 Å². The summed E-state index contributed by atoms with van der Waals surface area (Å²) >= 11 is 0. The zero-order chi connectivity index (χ0) is 19.3. The molecule has 1 heterocycles. The minimum absolute atomic E-state index is 0.450. The van der Waals surface area contributed by atoms with Crippen molar-refractivity contribution in [1.29, 1.82) is 0 Å². The average Bonchev–Trinajstić information content (AvgIpc) is 3.64. The lowest BCUT2D eigenvalue weighted by atomic mass is 9.98. The molecule has 1 aliphatic heterocycles. The lowest BCUT2D eigenvalue weighted by Crippen LogP contribution is -2.29. The molecule has 1 saturated heterocycles. The number of allylic oxidation sites excluding steroid dienone is 1. The highest BCUT2D eigenvalue weighted by Gasteiger charge is 2.30. The second kappa shape index (κ2) is 8.96. The summed E-state index contributed by atoms with van der Waals surface area (Å²) in [6.07, 6.45) is 8.58. The summed E-state index contributed by atoms with van der Waals surface area (Å²) < 4.78 is 5.46. The lowest BCUT2D eigenvalue weighted by Gasteiger charge is -2.24. The molecule has 2 nitrogen and oxygen atoms in total. The Bertz CT molecular complexity index is 742. The number of rotatable bonds is 11. The van der Waals surface area contributed by atoms with Crippen LogP contribution >= 0.6 is 0 Å². The summed E-state index contributed by atoms with van der Waals surface area (Å²) in [7, 11) is 0. The topological polar surface area (TPSA) is 15.8 Å². The number of ether oxygens (including phenoxy) is 1. The Hall–Kier alpha value is -2.06. The van der Waals surface area contributed by atoms with E-state index in [1.165, 1.54) is 48.2 Å². The standard InChI is InChI=1S/C26H33NO/c1-3-20(2)4-5-21-6-8-22(9-7-21)16-23-12-14-25(15-13-23)27(17-24-10-11-24)18-26-19-28-26/h3,6-9,12-15,20,24,26H,1,4-5,10-11,16-19H2,2H3. The summed E-state index contributed by atoms with van der Waals surface area (Å²) in [6, 6.07) is 18.3. The third-order valence-corrected chi connectivity index (χ3v) is 6.03. The fraction of sp³-hybridized carbons (Fsp3) is 0.462. The van der Waals surface area contributed by atoms with E-state index in [0.717, 1.165) is 31.9 Å². The minimum Gasteiger partial charge on any atom is -0.371 e. The number of hydrogen-bond acceptors (Lipinski definition) is 2. The predicted molar refractivity (Wildman–Crippen MR) is 118 cm³/mol. The smallest absolute Gasteiger partial charge is 0.0984 e. The van der Waals surface area contributed by atoms with Crippen molar-refractivity contribution in [2.75, 3.05) is 24.6 Å². The Morgan fingerprint density at radius 1 is 1.00 bits per heavy atom. The maximum Gasteiger partial charge on any atom is 0.0984 e. The Balaban J connectivity index is 1.33. The van der Waals surface area contributed by atoms with Crippen molar-refractivity contribution >= 4 is 5.69 Å². The van der Waals surface area contributed by atoms with Crippen LogP contribution in [0.5, 0.6) is 0 Å². The summed E-state index contributed by atoms with van der Waals surface area (Å²) in [5.41, 5.74) is 5.53. The predicted octanol–water partition coefficient (Wildman–Crippen LogP) is 5.65. The molecule has 148 valence electrons. The van der Waals surface area contributed by atoms with Gasteiger partial charge in [-0.1, -0.05) is 49.4 Å². The largest absolute Gasteiger partial charge is 0.371 e. The summed E-state index contributed by atoms with van der Waals surface area (Å²) in [6.45, 7) is 9.27. The molecule has 2 unspecified atom stereocenters. The molecule has 4 rings (SSSR count). The van der Waals surface area contributed by atoms with Gasteiger partial charge in [-0.25, -0.2) is 0 Å². The molecule has 2 atom stereocenters. The van der Waals surface area contributed by atoms with Crippen LogP contribution in [-0.2, 0) is 17.6 Å². The van der Waals surface area contributed by atoms with Gasteiger partial charge in [-0.05, 0) is 72.8 Å². The number of epoxide rings is 1. The van der Waals surface area contributed by atoms with Gasteiger partial charge in [-0.3, -0.25) is 0 Å². The van der Waals surface area contributed by atoms with Crippen molar-refractivity contribution in [3.63, 3.8) is 0 Å². The average molecular weight is 376 g/mol. The number of nitrogens with zero attached hydrogens (tertiary/aromatic N) is 1. The summed E-state index contributed by atoms with van der Waals surface area (Å²) in [5.74, 6) is 1.48. The van der Waals surface area contributed by atoms with Gasteiger partial charge in [0.15, 0.2) is 0 Å². The molecule has 2 aromatic carbocycles. The monoisotopic (exact) mass is 375 g/mol. The fourth-order valence-electron chi connectivity index (χ4n) is 3.71. The van der Waals surface area contributed by atoms with E-state index < -0.39 is 0 Å². The second-order valence-corrected chi connectivity index (χ2v) is 8.72. The molecule has 0 spiro atoms. The van der Waals surface area contributed by atoms with Crippen molar-refractivity contribution in [3.8, 4) is 0 Å². The highest BCUT2D eigenvalue weighted by atomic mass is 16.6. The molecule has 2 aliphatic rings. The maximum atomic E-state index is 5.46. The van der Waals surface area contributed by atoms with Crippen molar-refractivity contribution in [3.05, 3.63) is 77.9 Å². The van der Waals surface area contributed by atoms with E-state index in [0.29, 0.717) is 12.0 Å². The minimum atomic E-state index is 0.450. The Morgan fingerprint density at radius 3 is 2.18 bits per heavy atom. The molecule has 2 fully saturated rings. The Kier molecular flexibility index (Phi) is 6.17. The second-order valence-electron chi connectivity index (χ2n) is 8.72. The third-order valence-electron chi connectivity index (χ3n) is 6.03. The zero-order valence-electron chi connectivity index (χ0n) is 17.1. The molecule has 1 aliphatic carbocycles. The van der Waals surface area contributed by atoms with Crippen LogP contribution in [0.15, 0.2) is 61.2 Å². The first kappa shape index (κ1) is 19.3. The number of hydrogen-bond donors (Lipinski definition) is 0. The molecular formula is C26H33NO. The van der Waals surface area contributed by atoms with Gasteiger partial charge >= 0.3 is 0 Å². The molecule has 2 aromatic rings. The SMILES string of the molecule is C=CC(C)CCc1ccc(Cc2ccc(N(CC3CC3)CC3CO3)cc2)cc1. The molecule has 0 N–H and O–H groups in total. The van der Waals surface area contributed by atoms with Gasteiger partial charge in [0, 0.05) is 18.8 Å². The van der Waals surface area contributed by atoms with Crippen LogP contribution in [0.4, 0.5) is 5.69 Å². The number of anilines is 1. The molecule has 2 heteroatoms. The van der Waals surface area contributed by atoms with Crippen LogP contribution in [-0.4, -0.2) is 25.8 Å². The number of benzene rings is 2. The van der Waals surface area contributed by atoms with E-state index in [1.54, 1.807) is 0 Å². The van der Waals surface area contributed by atoms with Crippen LogP contribution in [0, 0.1) is 11.8 Å². The Labute approximate surface area is 170 Å². The third kappa shape index (κ3) is 5.72. The van der Waals surface area contributed by atoms with E-state index in [4.69, 9.17) is 4.74 Å². The molecular weight excluding hydrogens is 342 g/mol. The number of aryl methyl sites for hydroxylation is 1. The van der Waals surface area contributed by atoms with Crippen LogP contribution in [0.3, 0.4) is 0 Å². The van der Waals surface area contributed by atoms with E-state index >= 15 is 0 Å². The summed E-state index contributed by atoms with van der Waals surface area (Å²) in [4.78, 5) is 2.53.